The lowest BCUT2D eigenvalue weighted by Crippen LogP contribution is -2.44. The Morgan fingerprint density at radius 1 is 0.788 bits per heavy atom. The van der Waals surface area contributed by atoms with Gasteiger partial charge in [-0.1, -0.05) is 52.0 Å². The maximum atomic E-state index is 12.2. The molecule has 0 saturated heterocycles. The van der Waals surface area contributed by atoms with Crippen molar-refractivity contribution in [2.75, 3.05) is 52.9 Å². The molecule has 0 aromatic heterocycles. The van der Waals surface area contributed by atoms with Gasteiger partial charge in [0.05, 0.1) is 57.1 Å². The fourth-order valence-electron chi connectivity index (χ4n) is 3.33. The Morgan fingerprint density at radius 2 is 1.30 bits per heavy atom. The Morgan fingerprint density at radius 3 is 1.82 bits per heavy atom. The van der Waals surface area contributed by atoms with E-state index in [1.807, 2.05) is 6.92 Å². The number of aliphatic hydroxyl groups is 5. The Balaban J connectivity index is 4.51. The van der Waals surface area contributed by atoms with E-state index < -0.39 is 49.8 Å². The van der Waals surface area contributed by atoms with Crippen molar-refractivity contribution in [2.24, 2.45) is 22.7 Å². The fourth-order valence-corrected chi connectivity index (χ4v) is 3.33. The van der Waals surface area contributed by atoms with Gasteiger partial charge in [0.1, 0.15) is 6.61 Å². The second-order valence-electron chi connectivity index (χ2n) is 10.2. The Bertz CT molecular complexity index is 530. The van der Waals surface area contributed by atoms with Crippen LogP contribution in [0.25, 0.3) is 0 Å². The first-order valence-electron chi connectivity index (χ1n) is 12.1. The number of ether oxygens (including phenoxy) is 2. The summed E-state index contributed by atoms with van der Waals surface area (Å²) in [5.74, 6) is 0.865. The lowest BCUT2D eigenvalue weighted by molar-refractivity contribution is -0.149. The van der Waals surface area contributed by atoms with E-state index in [1.165, 1.54) is 25.3 Å². The smallest absolute Gasteiger partial charge is 0.330 e. The standard InChI is InChI=1S/C25H48O8/c1-20(2)7-5-8-21(3)9-6-10-22(4)11-23(31)33-19-25(15-29,16-30)18-32-17-24(12-26,13-27)14-28/h11,20-21,26-30H,5-10,12-19H2,1-4H3/b22-11+. The van der Waals surface area contributed by atoms with Crippen molar-refractivity contribution in [3.8, 4) is 0 Å². The number of carbonyl (C=O) groups excluding carboxylic acids is 1. The Labute approximate surface area is 199 Å². The van der Waals surface area contributed by atoms with E-state index in [0.29, 0.717) is 5.92 Å². The van der Waals surface area contributed by atoms with Gasteiger partial charge >= 0.3 is 5.97 Å². The largest absolute Gasteiger partial charge is 0.462 e. The van der Waals surface area contributed by atoms with E-state index in [2.05, 4.69) is 20.8 Å². The minimum absolute atomic E-state index is 0.174. The molecule has 8 nitrogen and oxygen atoms in total. The zero-order valence-electron chi connectivity index (χ0n) is 21.1. The Hall–Kier alpha value is -1.03. The number of allylic oxidation sites excluding steroid dienone is 1. The van der Waals surface area contributed by atoms with E-state index in [9.17, 15) is 30.3 Å². The van der Waals surface area contributed by atoms with Crippen LogP contribution in [0.4, 0.5) is 0 Å². The van der Waals surface area contributed by atoms with Crippen LogP contribution in [-0.4, -0.2) is 84.4 Å². The molecule has 0 fully saturated rings. The van der Waals surface area contributed by atoms with Crippen LogP contribution >= 0.6 is 0 Å². The summed E-state index contributed by atoms with van der Waals surface area (Å²) in [5.41, 5.74) is -1.53. The van der Waals surface area contributed by atoms with Crippen molar-refractivity contribution in [2.45, 2.75) is 66.2 Å². The maximum absolute atomic E-state index is 12.2. The van der Waals surface area contributed by atoms with E-state index in [1.54, 1.807) is 0 Å². The number of esters is 1. The van der Waals surface area contributed by atoms with Crippen LogP contribution in [-0.2, 0) is 14.3 Å². The minimum Gasteiger partial charge on any atom is -0.462 e. The molecule has 5 N–H and O–H groups in total. The third kappa shape index (κ3) is 13.4. The third-order valence-corrected chi connectivity index (χ3v) is 6.12. The normalized spacial score (nSPS) is 14.1. The molecule has 0 spiro atoms. The first-order chi connectivity index (χ1) is 15.6. The second-order valence-corrected chi connectivity index (χ2v) is 10.2. The van der Waals surface area contributed by atoms with Crippen molar-refractivity contribution in [3.63, 3.8) is 0 Å². The van der Waals surface area contributed by atoms with E-state index in [4.69, 9.17) is 9.47 Å². The molecule has 1 atom stereocenters. The topological polar surface area (TPSA) is 137 Å². The molecule has 8 heteroatoms. The van der Waals surface area contributed by atoms with Crippen LogP contribution in [0.5, 0.6) is 0 Å². The summed E-state index contributed by atoms with van der Waals surface area (Å²) in [6.07, 6.45) is 8.11. The van der Waals surface area contributed by atoms with Crippen molar-refractivity contribution < 1.29 is 39.8 Å². The molecule has 0 aliphatic carbocycles. The highest BCUT2D eigenvalue weighted by atomic mass is 16.5. The van der Waals surface area contributed by atoms with Crippen LogP contribution in [0.1, 0.15) is 66.2 Å². The quantitative estimate of drug-likeness (QED) is 0.133. The summed E-state index contributed by atoms with van der Waals surface area (Å²) in [6, 6.07) is 0. The highest BCUT2D eigenvalue weighted by Gasteiger charge is 2.34. The SMILES string of the molecule is C/C(=C\C(=O)OCC(CO)(CO)COCC(CO)(CO)CO)CCCC(C)CCCC(C)C. The van der Waals surface area contributed by atoms with Crippen LogP contribution in [0, 0.1) is 22.7 Å². The molecule has 0 aliphatic rings. The summed E-state index contributed by atoms with van der Waals surface area (Å²) in [5, 5.41) is 47.5. The molecular formula is C25H48O8. The monoisotopic (exact) mass is 476 g/mol. The molecule has 33 heavy (non-hydrogen) atoms. The van der Waals surface area contributed by atoms with Crippen LogP contribution in [0.15, 0.2) is 11.6 Å². The summed E-state index contributed by atoms with van der Waals surface area (Å²) >= 11 is 0. The molecular weight excluding hydrogens is 428 g/mol. The van der Waals surface area contributed by atoms with Gasteiger partial charge < -0.3 is 35.0 Å². The van der Waals surface area contributed by atoms with E-state index in [0.717, 1.165) is 30.8 Å². The molecule has 196 valence electrons. The molecule has 0 rings (SSSR count). The van der Waals surface area contributed by atoms with Crippen molar-refractivity contribution >= 4 is 5.97 Å². The predicted molar refractivity (Wildman–Crippen MR) is 128 cm³/mol. The second kappa shape index (κ2) is 17.4. The maximum Gasteiger partial charge on any atom is 0.330 e. The molecule has 0 heterocycles. The predicted octanol–water partition coefficient (Wildman–Crippen LogP) is 2.06. The van der Waals surface area contributed by atoms with Crippen molar-refractivity contribution in [1.29, 1.82) is 0 Å². The number of hydrogen-bond acceptors (Lipinski definition) is 8. The van der Waals surface area contributed by atoms with Gasteiger partial charge in [-0.3, -0.25) is 0 Å². The first kappa shape index (κ1) is 32.0. The minimum atomic E-state index is -1.23. The highest BCUT2D eigenvalue weighted by molar-refractivity contribution is 5.82. The molecule has 0 aliphatic heterocycles. The lowest BCUT2D eigenvalue weighted by atomic mass is 9.90. The molecule has 0 amide bonds. The molecule has 0 bridgehead atoms. The summed E-state index contributed by atoms with van der Waals surface area (Å²) in [6.45, 7) is 5.61. The molecule has 0 saturated carbocycles. The summed E-state index contributed by atoms with van der Waals surface area (Å²) < 4.78 is 10.7. The molecule has 1 unspecified atom stereocenters. The van der Waals surface area contributed by atoms with E-state index in [-0.39, 0.29) is 19.8 Å². The number of carbonyl (C=O) groups is 1. The van der Waals surface area contributed by atoms with Gasteiger partial charge in [0, 0.05) is 6.08 Å². The van der Waals surface area contributed by atoms with Gasteiger partial charge in [-0.2, -0.15) is 0 Å². The van der Waals surface area contributed by atoms with Gasteiger partial charge in [-0.05, 0) is 31.6 Å². The van der Waals surface area contributed by atoms with Gasteiger partial charge in [-0.25, -0.2) is 4.79 Å². The lowest BCUT2D eigenvalue weighted by Gasteiger charge is -2.32. The van der Waals surface area contributed by atoms with Crippen molar-refractivity contribution in [1.82, 2.24) is 0 Å². The van der Waals surface area contributed by atoms with Crippen molar-refractivity contribution in [3.05, 3.63) is 11.6 Å². The molecule has 0 aromatic rings. The van der Waals surface area contributed by atoms with Crippen LogP contribution in [0.3, 0.4) is 0 Å². The van der Waals surface area contributed by atoms with Gasteiger partial charge in [0.25, 0.3) is 0 Å². The molecule has 0 radical (unpaired) electrons. The average molecular weight is 477 g/mol. The zero-order chi connectivity index (χ0) is 25.3. The van der Waals surface area contributed by atoms with Gasteiger partial charge in [-0.15, -0.1) is 0 Å². The number of hydrogen-bond donors (Lipinski definition) is 5. The fraction of sp³-hybridized carbons (Fsp3) is 0.880. The number of aliphatic hydroxyl groups excluding tert-OH is 5. The Kier molecular flexibility index (Phi) is 16.9. The average Bonchev–Trinajstić information content (AvgIpc) is 2.79. The van der Waals surface area contributed by atoms with E-state index >= 15 is 0 Å². The highest BCUT2D eigenvalue weighted by Crippen LogP contribution is 2.22. The van der Waals surface area contributed by atoms with Crippen LogP contribution in [0.2, 0.25) is 0 Å². The first-order valence-corrected chi connectivity index (χ1v) is 12.1. The zero-order valence-corrected chi connectivity index (χ0v) is 21.1. The summed E-state index contributed by atoms with van der Waals surface area (Å²) in [7, 11) is 0. The summed E-state index contributed by atoms with van der Waals surface area (Å²) in [4.78, 5) is 12.2. The van der Waals surface area contributed by atoms with Crippen LogP contribution < -0.4 is 0 Å². The molecule has 0 aromatic carbocycles. The third-order valence-electron chi connectivity index (χ3n) is 6.12. The number of rotatable bonds is 20. The van der Waals surface area contributed by atoms with Gasteiger partial charge in [0.15, 0.2) is 0 Å². The van der Waals surface area contributed by atoms with Gasteiger partial charge in [0.2, 0.25) is 0 Å².